The Balaban J connectivity index is 1.93. The topological polar surface area (TPSA) is 98.2 Å². The molecule has 0 bridgehead atoms. The van der Waals surface area contributed by atoms with E-state index in [1.165, 1.54) is 38.4 Å². The van der Waals surface area contributed by atoms with Crippen molar-refractivity contribution >= 4 is 29.1 Å². The first-order valence-corrected chi connectivity index (χ1v) is 11.0. The van der Waals surface area contributed by atoms with Crippen molar-refractivity contribution in [2.45, 2.75) is 12.6 Å². The molecule has 180 valence electrons. The molecule has 1 fully saturated rings. The van der Waals surface area contributed by atoms with Gasteiger partial charge in [-0.1, -0.05) is 29.8 Å². The third-order valence-electron chi connectivity index (χ3n) is 5.74. The Morgan fingerprint density at radius 3 is 2.43 bits per heavy atom. The van der Waals surface area contributed by atoms with Gasteiger partial charge in [0, 0.05) is 12.3 Å². The minimum Gasteiger partial charge on any atom is -0.507 e. The maximum absolute atomic E-state index is 13.3. The van der Waals surface area contributed by atoms with Gasteiger partial charge in [0.05, 0.1) is 55.8 Å². The van der Waals surface area contributed by atoms with E-state index in [-0.39, 0.29) is 28.5 Å². The molecule has 2 heterocycles. The molecule has 4 rings (SSSR count). The molecule has 3 aromatic rings. The smallest absolute Gasteiger partial charge is 0.296 e. The first-order chi connectivity index (χ1) is 16.9. The number of ketones is 1. The Morgan fingerprint density at radius 2 is 1.77 bits per heavy atom. The summed E-state index contributed by atoms with van der Waals surface area (Å²) in [5, 5.41) is 11.6. The summed E-state index contributed by atoms with van der Waals surface area (Å²) in [6.07, 6.45) is 1.61. The fourth-order valence-corrected chi connectivity index (χ4v) is 4.30. The monoisotopic (exact) mass is 494 g/mol. The predicted molar refractivity (Wildman–Crippen MR) is 130 cm³/mol. The first-order valence-electron chi connectivity index (χ1n) is 10.6. The Morgan fingerprint density at radius 1 is 1.00 bits per heavy atom. The summed E-state index contributed by atoms with van der Waals surface area (Å²) < 4.78 is 16.0. The van der Waals surface area contributed by atoms with E-state index in [0.29, 0.717) is 22.8 Å². The molecule has 1 atom stereocenters. The third kappa shape index (κ3) is 4.52. The van der Waals surface area contributed by atoms with Crippen LogP contribution in [0.2, 0.25) is 5.02 Å². The van der Waals surface area contributed by atoms with E-state index in [4.69, 9.17) is 25.8 Å². The number of ether oxygens (including phenoxy) is 3. The van der Waals surface area contributed by atoms with E-state index < -0.39 is 23.5 Å². The molecule has 0 saturated carbocycles. The van der Waals surface area contributed by atoms with Gasteiger partial charge in [-0.25, -0.2) is 0 Å². The standard InChI is InChI=1S/C26H23ClN2O6/c1-33-17-9-6-7-15(11-17)23-22(24(30)18-12-19(27)21(35-3)13-20(18)34-2)25(31)26(32)29(23)14-16-8-4-5-10-28-16/h4-13,23,30H,14H2,1-3H3/b24-22+. The molecule has 1 amide bonds. The van der Waals surface area contributed by atoms with Crippen LogP contribution in [0.5, 0.6) is 17.2 Å². The van der Waals surface area contributed by atoms with Crippen LogP contribution in [0, 0.1) is 0 Å². The van der Waals surface area contributed by atoms with Crippen LogP contribution in [-0.4, -0.2) is 48.0 Å². The van der Waals surface area contributed by atoms with E-state index >= 15 is 0 Å². The molecule has 0 spiro atoms. The second kappa shape index (κ2) is 10.1. The average Bonchev–Trinajstić information content (AvgIpc) is 3.13. The number of carbonyl (C=O) groups is 2. The van der Waals surface area contributed by atoms with Crippen molar-refractivity contribution < 1.29 is 28.9 Å². The molecule has 1 saturated heterocycles. The second-order valence-corrected chi connectivity index (χ2v) is 8.12. The van der Waals surface area contributed by atoms with Crippen molar-refractivity contribution in [2.75, 3.05) is 21.3 Å². The minimum atomic E-state index is -0.905. The van der Waals surface area contributed by atoms with E-state index in [2.05, 4.69) is 4.98 Å². The van der Waals surface area contributed by atoms with Gasteiger partial charge in [-0.15, -0.1) is 0 Å². The molecule has 9 heteroatoms. The molecule has 1 unspecified atom stereocenters. The molecule has 1 aliphatic rings. The number of Topliss-reactive ketones (excluding diaryl/α,β-unsaturated/α-hetero) is 1. The molecular formula is C26H23ClN2O6. The maximum atomic E-state index is 13.3. The van der Waals surface area contributed by atoms with Crippen molar-refractivity contribution in [3.63, 3.8) is 0 Å². The van der Waals surface area contributed by atoms with Gasteiger partial charge in [-0.05, 0) is 35.9 Å². The molecule has 35 heavy (non-hydrogen) atoms. The highest BCUT2D eigenvalue weighted by atomic mass is 35.5. The number of halogens is 1. The second-order valence-electron chi connectivity index (χ2n) is 7.71. The third-order valence-corrected chi connectivity index (χ3v) is 6.03. The summed E-state index contributed by atoms with van der Waals surface area (Å²) in [7, 11) is 4.39. The zero-order valence-electron chi connectivity index (χ0n) is 19.3. The van der Waals surface area contributed by atoms with Gasteiger partial charge in [0.2, 0.25) is 0 Å². The number of nitrogens with zero attached hydrogens (tertiary/aromatic N) is 2. The lowest BCUT2D eigenvalue weighted by Crippen LogP contribution is -2.29. The van der Waals surface area contributed by atoms with E-state index in [1.807, 2.05) is 0 Å². The van der Waals surface area contributed by atoms with Crippen LogP contribution in [-0.2, 0) is 16.1 Å². The summed E-state index contributed by atoms with van der Waals surface area (Å²) >= 11 is 6.30. The van der Waals surface area contributed by atoms with Gasteiger partial charge >= 0.3 is 0 Å². The number of rotatable bonds is 7. The summed E-state index contributed by atoms with van der Waals surface area (Å²) in [5.74, 6) is -0.912. The van der Waals surface area contributed by atoms with Crippen LogP contribution < -0.4 is 14.2 Å². The van der Waals surface area contributed by atoms with Gasteiger partial charge in [0.1, 0.15) is 23.0 Å². The Hall–Kier alpha value is -4.04. The summed E-state index contributed by atoms with van der Waals surface area (Å²) in [5.41, 5.74) is 1.23. The van der Waals surface area contributed by atoms with E-state index in [1.54, 1.807) is 48.7 Å². The van der Waals surface area contributed by atoms with E-state index in [9.17, 15) is 14.7 Å². The van der Waals surface area contributed by atoms with Gasteiger partial charge < -0.3 is 24.2 Å². The molecule has 1 aliphatic heterocycles. The molecule has 0 aliphatic carbocycles. The van der Waals surface area contributed by atoms with Crippen LogP contribution in [0.1, 0.15) is 22.9 Å². The average molecular weight is 495 g/mol. The largest absolute Gasteiger partial charge is 0.507 e. The number of amides is 1. The lowest BCUT2D eigenvalue weighted by molar-refractivity contribution is -0.140. The molecule has 8 nitrogen and oxygen atoms in total. The van der Waals surface area contributed by atoms with Crippen molar-refractivity contribution in [3.05, 3.63) is 88.2 Å². The lowest BCUT2D eigenvalue weighted by Gasteiger charge is -2.25. The Bertz CT molecular complexity index is 1310. The lowest BCUT2D eigenvalue weighted by atomic mass is 9.94. The fraction of sp³-hybridized carbons (Fsp3) is 0.192. The number of aliphatic hydroxyl groups excluding tert-OH is 1. The van der Waals surface area contributed by atoms with Gasteiger partial charge in [0.15, 0.2) is 0 Å². The highest BCUT2D eigenvalue weighted by Crippen LogP contribution is 2.44. The quantitative estimate of drug-likeness (QED) is 0.295. The van der Waals surface area contributed by atoms with Crippen LogP contribution in [0.25, 0.3) is 5.76 Å². The number of hydrogen-bond donors (Lipinski definition) is 1. The first kappa shape index (κ1) is 24.1. The number of hydrogen-bond acceptors (Lipinski definition) is 7. The summed E-state index contributed by atoms with van der Waals surface area (Å²) in [6, 6.07) is 14.3. The molecule has 1 aromatic heterocycles. The Kier molecular flexibility index (Phi) is 6.93. The molecule has 0 radical (unpaired) electrons. The minimum absolute atomic E-state index is 0.0601. The zero-order chi connectivity index (χ0) is 25.1. The van der Waals surface area contributed by atoms with Crippen molar-refractivity contribution in [2.24, 2.45) is 0 Å². The van der Waals surface area contributed by atoms with Gasteiger partial charge in [-0.3, -0.25) is 14.6 Å². The number of benzene rings is 2. The number of pyridine rings is 1. The SMILES string of the molecule is COc1cccc(C2/C(=C(\O)c3cc(Cl)c(OC)cc3OC)C(=O)C(=O)N2Cc2ccccn2)c1. The highest BCUT2D eigenvalue weighted by molar-refractivity contribution is 6.46. The predicted octanol–water partition coefficient (Wildman–Crippen LogP) is 4.38. The fourth-order valence-electron chi connectivity index (χ4n) is 4.06. The van der Waals surface area contributed by atoms with E-state index in [0.717, 1.165) is 0 Å². The van der Waals surface area contributed by atoms with Crippen LogP contribution in [0.4, 0.5) is 0 Å². The van der Waals surface area contributed by atoms with Crippen molar-refractivity contribution in [1.29, 1.82) is 0 Å². The highest BCUT2D eigenvalue weighted by Gasteiger charge is 2.46. The number of methoxy groups -OCH3 is 3. The summed E-state index contributed by atoms with van der Waals surface area (Å²) in [4.78, 5) is 32.2. The zero-order valence-corrected chi connectivity index (χ0v) is 20.1. The number of carbonyl (C=O) groups excluding carboxylic acids is 2. The van der Waals surface area contributed by atoms with Crippen LogP contribution in [0.3, 0.4) is 0 Å². The molecule has 2 aromatic carbocycles. The van der Waals surface area contributed by atoms with Gasteiger partial charge in [0.25, 0.3) is 11.7 Å². The van der Waals surface area contributed by atoms with Gasteiger partial charge in [-0.2, -0.15) is 0 Å². The number of aliphatic hydroxyl groups is 1. The maximum Gasteiger partial charge on any atom is 0.296 e. The normalized spacial score (nSPS) is 16.9. The summed E-state index contributed by atoms with van der Waals surface area (Å²) in [6.45, 7) is 0.0601. The van der Waals surface area contributed by atoms with Crippen LogP contribution >= 0.6 is 11.6 Å². The molecule has 1 N–H and O–H groups in total. The van der Waals surface area contributed by atoms with Crippen molar-refractivity contribution in [1.82, 2.24) is 9.88 Å². The van der Waals surface area contributed by atoms with Crippen molar-refractivity contribution in [3.8, 4) is 17.2 Å². The Labute approximate surface area is 207 Å². The van der Waals surface area contributed by atoms with Crippen LogP contribution in [0.15, 0.2) is 66.4 Å². The number of aromatic nitrogens is 1. The number of likely N-dealkylation sites (tertiary alicyclic amines) is 1. The molecular weight excluding hydrogens is 472 g/mol.